The number of nitrogens with zero attached hydrogens (tertiary/aromatic N) is 4. The average molecular weight is 482 g/mol. The Balaban J connectivity index is 1.33. The largest absolute Gasteiger partial charge is 0.370 e. The summed E-state index contributed by atoms with van der Waals surface area (Å²) in [6.45, 7) is 6.28. The molecule has 178 valence electrons. The van der Waals surface area contributed by atoms with Crippen molar-refractivity contribution in [1.82, 2.24) is 19.1 Å². The summed E-state index contributed by atoms with van der Waals surface area (Å²) < 4.78 is 45.6. The van der Waals surface area contributed by atoms with Gasteiger partial charge in [0, 0.05) is 49.1 Å². The summed E-state index contributed by atoms with van der Waals surface area (Å²) >= 11 is 0. The van der Waals surface area contributed by atoms with E-state index < -0.39 is 10.0 Å². The van der Waals surface area contributed by atoms with E-state index in [0.29, 0.717) is 11.4 Å². The summed E-state index contributed by atoms with van der Waals surface area (Å²) in [5.41, 5.74) is 3.89. The van der Waals surface area contributed by atoms with Crippen molar-refractivity contribution in [2.24, 2.45) is 0 Å². The van der Waals surface area contributed by atoms with E-state index in [1.165, 1.54) is 12.1 Å². The highest BCUT2D eigenvalue weighted by molar-refractivity contribution is 7.89. The van der Waals surface area contributed by atoms with Crippen LogP contribution in [0.3, 0.4) is 0 Å². The Morgan fingerprint density at radius 3 is 2.74 bits per heavy atom. The zero-order valence-electron chi connectivity index (χ0n) is 19.3. The van der Waals surface area contributed by atoms with Gasteiger partial charge in [-0.05, 0) is 67.8 Å². The van der Waals surface area contributed by atoms with Gasteiger partial charge in [0.25, 0.3) is 0 Å². The van der Waals surface area contributed by atoms with Gasteiger partial charge in [-0.25, -0.2) is 22.2 Å². The predicted octanol–water partition coefficient (Wildman–Crippen LogP) is 4.24. The van der Waals surface area contributed by atoms with E-state index in [1.807, 2.05) is 17.7 Å². The first-order valence-electron chi connectivity index (χ1n) is 11.5. The van der Waals surface area contributed by atoms with Crippen LogP contribution in [0.1, 0.15) is 25.3 Å². The molecule has 2 aromatic carbocycles. The Labute approximate surface area is 198 Å². The molecule has 1 saturated heterocycles. The van der Waals surface area contributed by atoms with E-state index in [-0.39, 0.29) is 11.9 Å². The molecule has 0 radical (unpaired) electrons. The Morgan fingerprint density at radius 1 is 1.18 bits per heavy atom. The number of rotatable bonds is 7. The third kappa shape index (κ3) is 4.33. The third-order valence-corrected chi connectivity index (χ3v) is 7.83. The van der Waals surface area contributed by atoms with E-state index in [1.54, 1.807) is 35.3 Å². The zero-order chi connectivity index (χ0) is 23.9. The minimum absolute atomic E-state index is 0.156. The summed E-state index contributed by atoms with van der Waals surface area (Å²) in [5, 5.41) is 5.48. The number of anilines is 1. The average Bonchev–Trinajstić information content (AvgIpc) is 3.54. The number of nitrogens with one attached hydrogen (secondary N) is 1. The zero-order valence-corrected chi connectivity index (χ0v) is 20.1. The van der Waals surface area contributed by atoms with Crippen molar-refractivity contribution in [2.45, 2.75) is 44.2 Å². The van der Waals surface area contributed by atoms with Crippen LogP contribution in [0.5, 0.6) is 0 Å². The molecule has 1 atom stereocenters. The van der Waals surface area contributed by atoms with Gasteiger partial charge in [-0.1, -0.05) is 6.92 Å². The molecule has 0 spiro atoms. The fourth-order valence-corrected chi connectivity index (χ4v) is 5.91. The molecule has 1 N–H and O–H groups in total. The second kappa shape index (κ2) is 8.88. The molecule has 0 unspecified atom stereocenters. The van der Waals surface area contributed by atoms with Crippen molar-refractivity contribution in [3.8, 4) is 5.69 Å². The molecule has 0 bridgehead atoms. The van der Waals surface area contributed by atoms with Gasteiger partial charge in [0.2, 0.25) is 10.0 Å². The molecule has 3 heterocycles. The van der Waals surface area contributed by atoms with Crippen LogP contribution >= 0.6 is 0 Å². The standard InChI is InChI=1S/C25H28FN5O2S/c1-3-10-29-11-9-23(17-29)34(32,33)28-21-8-12-30(16-21)24-14-19-15-27-31(25(19)13-18(24)2)22-6-4-20(26)5-7-22/h4-7,9,11,13-15,17,21,28H,3,8,10,12,16H2,1-2H3/t21-/m0/s1. The van der Waals surface area contributed by atoms with Crippen LogP contribution in [0.4, 0.5) is 10.1 Å². The fourth-order valence-electron chi connectivity index (χ4n) is 4.63. The van der Waals surface area contributed by atoms with Gasteiger partial charge < -0.3 is 9.47 Å². The molecule has 9 heteroatoms. The number of fused-ring (bicyclic) bond motifs is 1. The van der Waals surface area contributed by atoms with Crippen LogP contribution in [-0.2, 0) is 16.6 Å². The molecule has 5 rings (SSSR count). The van der Waals surface area contributed by atoms with Crippen molar-refractivity contribution in [1.29, 1.82) is 0 Å². The molecular weight excluding hydrogens is 453 g/mol. The first kappa shape index (κ1) is 22.6. The number of aromatic nitrogens is 3. The Hall–Kier alpha value is -3.17. The van der Waals surface area contributed by atoms with Gasteiger partial charge in [0.15, 0.2) is 0 Å². The van der Waals surface area contributed by atoms with Crippen molar-refractivity contribution in [3.63, 3.8) is 0 Å². The second-order valence-corrected chi connectivity index (χ2v) is 10.6. The highest BCUT2D eigenvalue weighted by atomic mass is 32.2. The molecule has 2 aromatic heterocycles. The molecule has 1 aliphatic rings. The smallest absolute Gasteiger partial charge is 0.242 e. The molecule has 4 aromatic rings. The minimum atomic E-state index is -3.56. The van der Waals surface area contributed by atoms with E-state index in [2.05, 4.69) is 33.8 Å². The van der Waals surface area contributed by atoms with E-state index >= 15 is 0 Å². The van der Waals surface area contributed by atoms with Gasteiger partial charge in [-0.15, -0.1) is 0 Å². The molecule has 34 heavy (non-hydrogen) atoms. The minimum Gasteiger partial charge on any atom is -0.370 e. The van der Waals surface area contributed by atoms with Gasteiger partial charge in [0.1, 0.15) is 5.82 Å². The van der Waals surface area contributed by atoms with Crippen LogP contribution in [0.25, 0.3) is 16.6 Å². The van der Waals surface area contributed by atoms with Gasteiger partial charge in [0.05, 0.1) is 22.3 Å². The van der Waals surface area contributed by atoms with Crippen LogP contribution in [-0.4, -0.2) is 41.9 Å². The lowest BCUT2D eigenvalue weighted by atomic mass is 10.1. The van der Waals surface area contributed by atoms with Crippen LogP contribution < -0.4 is 9.62 Å². The highest BCUT2D eigenvalue weighted by Gasteiger charge is 2.29. The lowest BCUT2D eigenvalue weighted by Gasteiger charge is -2.21. The van der Waals surface area contributed by atoms with Crippen molar-refractivity contribution >= 4 is 26.6 Å². The lowest BCUT2D eigenvalue weighted by Crippen LogP contribution is -2.37. The summed E-state index contributed by atoms with van der Waals surface area (Å²) in [4.78, 5) is 2.53. The maximum absolute atomic E-state index is 13.3. The van der Waals surface area contributed by atoms with Crippen LogP contribution in [0.2, 0.25) is 0 Å². The lowest BCUT2D eigenvalue weighted by molar-refractivity contribution is 0.560. The fraction of sp³-hybridized carbons (Fsp3) is 0.320. The highest BCUT2D eigenvalue weighted by Crippen LogP contribution is 2.30. The van der Waals surface area contributed by atoms with Crippen molar-refractivity contribution < 1.29 is 12.8 Å². The molecular formula is C25H28FN5O2S. The summed E-state index contributed by atoms with van der Waals surface area (Å²) in [6.07, 6.45) is 6.99. The topological polar surface area (TPSA) is 72.2 Å². The molecule has 0 amide bonds. The number of halogens is 1. The monoisotopic (exact) mass is 481 g/mol. The molecule has 0 aliphatic carbocycles. The number of aryl methyl sites for hydroxylation is 2. The number of hydrogen-bond acceptors (Lipinski definition) is 4. The van der Waals surface area contributed by atoms with Gasteiger partial charge >= 0.3 is 0 Å². The third-order valence-electron chi connectivity index (χ3n) is 6.32. The molecule has 7 nitrogen and oxygen atoms in total. The summed E-state index contributed by atoms with van der Waals surface area (Å²) in [5.74, 6) is -0.281. The van der Waals surface area contributed by atoms with E-state index in [9.17, 15) is 12.8 Å². The van der Waals surface area contributed by atoms with Gasteiger partial charge in [-0.2, -0.15) is 5.10 Å². The first-order valence-corrected chi connectivity index (χ1v) is 13.0. The predicted molar refractivity (Wildman–Crippen MR) is 131 cm³/mol. The van der Waals surface area contributed by atoms with Crippen LogP contribution in [0.15, 0.2) is 66.0 Å². The van der Waals surface area contributed by atoms with E-state index in [4.69, 9.17) is 0 Å². The maximum Gasteiger partial charge on any atom is 0.242 e. The van der Waals surface area contributed by atoms with Gasteiger partial charge in [-0.3, -0.25) is 0 Å². The van der Waals surface area contributed by atoms with E-state index in [0.717, 1.165) is 53.8 Å². The second-order valence-electron chi connectivity index (χ2n) is 8.87. The quantitative estimate of drug-likeness (QED) is 0.429. The summed E-state index contributed by atoms with van der Waals surface area (Å²) in [7, 11) is -3.56. The Bertz CT molecular complexity index is 1430. The number of benzene rings is 2. The normalized spacial score (nSPS) is 16.6. The first-order chi connectivity index (χ1) is 16.3. The van der Waals surface area contributed by atoms with Crippen LogP contribution in [0, 0.1) is 12.7 Å². The number of hydrogen-bond donors (Lipinski definition) is 1. The van der Waals surface area contributed by atoms with Crippen molar-refractivity contribution in [2.75, 3.05) is 18.0 Å². The molecule has 1 fully saturated rings. The maximum atomic E-state index is 13.3. The Morgan fingerprint density at radius 2 is 1.97 bits per heavy atom. The molecule has 0 saturated carbocycles. The Kier molecular flexibility index (Phi) is 5.91. The SMILES string of the molecule is CCCn1ccc(S(=O)(=O)N[C@H]2CCN(c3cc4cnn(-c5ccc(F)cc5)c4cc3C)C2)c1. The van der Waals surface area contributed by atoms with Crippen molar-refractivity contribution in [3.05, 3.63) is 72.4 Å². The summed E-state index contributed by atoms with van der Waals surface area (Å²) in [6, 6.07) is 11.9. The number of sulfonamides is 1. The molecule has 1 aliphatic heterocycles.